The standard InChI is InChI=1S/C30H35N3O2/c1-21-17-25(29(34)32-22(2)24-11-7-4-8-12-24)20-26(18-21)30(35)33-28(15-16-31-27-13-14-27)19-23-9-5-3-6-10-23/h3-12,17-18,20,22,27-28,31H,13-16,19H2,1-2H3,(H,32,34)(H,33,35)/t22-,28-/m1/s1. The van der Waals surface area contributed by atoms with Crippen molar-refractivity contribution < 1.29 is 9.59 Å². The Morgan fingerprint density at radius 3 is 2.09 bits per heavy atom. The molecule has 5 heteroatoms. The second-order valence-corrected chi connectivity index (χ2v) is 9.57. The lowest BCUT2D eigenvalue weighted by molar-refractivity contribution is 0.0934. The lowest BCUT2D eigenvalue weighted by Gasteiger charge is -2.20. The minimum atomic E-state index is -0.187. The number of carbonyl (C=O) groups excluding carboxylic acids is 2. The summed E-state index contributed by atoms with van der Waals surface area (Å²) < 4.78 is 0. The fourth-order valence-corrected chi connectivity index (χ4v) is 4.29. The average molecular weight is 470 g/mol. The topological polar surface area (TPSA) is 70.2 Å². The van der Waals surface area contributed by atoms with Crippen LogP contribution in [0.15, 0.2) is 78.9 Å². The van der Waals surface area contributed by atoms with Gasteiger partial charge in [0.2, 0.25) is 0 Å². The first kappa shape index (κ1) is 24.7. The second-order valence-electron chi connectivity index (χ2n) is 9.57. The van der Waals surface area contributed by atoms with E-state index in [4.69, 9.17) is 0 Å². The van der Waals surface area contributed by atoms with Crippen LogP contribution in [0, 0.1) is 6.92 Å². The molecule has 35 heavy (non-hydrogen) atoms. The van der Waals surface area contributed by atoms with Crippen molar-refractivity contribution in [3.63, 3.8) is 0 Å². The van der Waals surface area contributed by atoms with Crippen molar-refractivity contribution in [1.29, 1.82) is 0 Å². The molecule has 0 unspecified atom stereocenters. The fraction of sp³-hybridized carbons (Fsp3) is 0.333. The summed E-state index contributed by atoms with van der Waals surface area (Å²) in [5.74, 6) is -0.334. The number of amides is 2. The number of hydrogen-bond acceptors (Lipinski definition) is 3. The third-order valence-electron chi connectivity index (χ3n) is 6.41. The molecule has 3 N–H and O–H groups in total. The van der Waals surface area contributed by atoms with Gasteiger partial charge in [0.1, 0.15) is 0 Å². The number of benzene rings is 3. The van der Waals surface area contributed by atoms with E-state index in [1.54, 1.807) is 6.07 Å². The molecule has 1 saturated carbocycles. The van der Waals surface area contributed by atoms with Crippen LogP contribution in [0.1, 0.15) is 69.6 Å². The van der Waals surface area contributed by atoms with E-state index in [0.29, 0.717) is 17.2 Å². The van der Waals surface area contributed by atoms with E-state index < -0.39 is 0 Å². The summed E-state index contributed by atoms with van der Waals surface area (Å²) in [7, 11) is 0. The van der Waals surface area contributed by atoms with Crippen LogP contribution in [0.5, 0.6) is 0 Å². The molecule has 0 bridgehead atoms. The molecule has 3 aromatic rings. The molecule has 5 nitrogen and oxygen atoms in total. The summed E-state index contributed by atoms with van der Waals surface area (Å²) in [6.07, 6.45) is 4.11. The molecule has 0 heterocycles. The maximum Gasteiger partial charge on any atom is 0.251 e. The van der Waals surface area contributed by atoms with E-state index >= 15 is 0 Å². The van der Waals surface area contributed by atoms with Crippen LogP contribution in [-0.2, 0) is 6.42 Å². The largest absolute Gasteiger partial charge is 0.349 e. The Bertz CT molecular complexity index is 1130. The molecule has 0 radical (unpaired) electrons. The molecule has 0 saturated heterocycles. The maximum absolute atomic E-state index is 13.3. The Kier molecular flexibility index (Phi) is 8.32. The molecule has 4 rings (SSSR count). The van der Waals surface area contributed by atoms with Crippen molar-refractivity contribution in [2.45, 2.75) is 57.7 Å². The van der Waals surface area contributed by atoms with Gasteiger partial charge >= 0.3 is 0 Å². The van der Waals surface area contributed by atoms with Gasteiger partial charge in [0.05, 0.1) is 6.04 Å². The Morgan fingerprint density at radius 1 is 0.857 bits per heavy atom. The smallest absolute Gasteiger partial charge is 0.251 e. The minimum absolute atomic E-state index is 0.00652. The van der Waals surface area contributed by atoms with Crippen molar-refractivity contribution in [2.75, 3.05) is 6.54 Å². The second kappa shape index (κ2) is 11.8. The van der Waals surface area contributed by atoms with Gasteiger partial charge in [-0.1, -0.05) is 60.7 Å². The van der Waals surface area contributed by atoms with Crippen LogP contribution in [0.25, 0.3) is 0 Å². The van der Waals surface area contributed by atoms with E-state index in [0.717, 1.165) is 30.5 Å². The SMILES string of the molecule is Cc1cc(C(=O)N[C@H](CCNC2CC2)Cc2ccccc2)cc(C(=O)N[C@H](C)c2ccccc2)c1. The normalized spacial score (nSPS) is 14.7. The molecular weight excluding hydrogens is 434 g/mol. The Labute approximate surface area is 208 Å². The van der Waals surface area contributed by atoms with Gasteiger partial charge in [-0.2, -0.15) is 0 Å². The Morgan fingerprint density at radius 2 is 1.46 bits per heavy atom. The molecule has 0 spiro atoms. The van der Waals surface area contributed by atoms with E-state index in [1.807, 2.05) is 74.5 Å². The fourth-order valence-electron chi connectivity index (χ4n) is 4.29. The number of hydrogen-bond donors (Lipinski definition) is 3. The van der Waals surface area contributed by atoms with Gasteiger partial charge < -0.3 is 16.0 Å². The highest BCUT2D eigenvalue weighted by Crippen LogP contribution is 2.19. The van der Waals surface area contributed by atoms with Crippen molar-refractivity contribution >= 4 is 11.8 Å². The first-order valence-corrected chi connectivity index (χ1v) is 12.5. The third kappa shape index (κ3) is 7.52. The summed E-state index contributed by atoms with van der Waals surface area (Å²) in [6.45, 7) is 4.75. The summed E-state index contributed by atoms with van der Waals surface area (Å²) in [5.41, 5.74) is 4.12. The molecule has 1 aliphatic carbocycles. The zero-order valence-corrected chi connectivity index (χ0v) is 20.6. The van der Waals surface area contributed by atoms with Crippen LogP contribution in [0.2, 0.25) is 0 Å². The molecule has 2 atom stereocenters. The summed E-state index contributed by atoms with van der Waals surface area (Å²) >= 11 is 0. The van der Waals surface area contributed by atoms with Crippen molar-refractivity contribution in [3.8, 4) is 0 Å². The van der Waals surface area contributed by atoms with Gasteiger partial charge in [-0.05, 0) is 81.0 Å². The highest BCUT2D eigenvalue weighted by molar-refractivity contribution is 6.00. The third-order valence-corrected chi connectivity index (χ3v) is 6.41. The average Bonchev–Trinajstić information content (AvgIpc) is 3.69. The van der Waals surface area contributed by atoms with Crippen LogP contribution in [-0.4, -0.2) is 30.4 Å². The van der Waals surface area contributed by atoms with E-state index in [9.17, 15) is 9.59 Å². The van der Waals surface area contributed by atoms with Crippen LogP contribution < -0.4 is 16.0 Å². The number of aryl methyl sites for hydroxylation is 1. The summed E-state index contributed by atoms with van der Waals surface area (Å²) in [6, 6.07) is 26.0. The van der Waals surface area contributed by atoms with Gasteiger partial charge in [0.25, 0.3) is 11.8 Å². The maximum atomic E-state index is 13.3. The monoisotopic (exact) mass is 469 g/mol. The lowest BCUT2D eigenvalue weighted by Crippen LogP contribution is -2.39. The zero-order valence-electron chi connectivity index (χ0n) is 20.6. The first-order chi connectivity index (χ1) is 17.0. The Hall–Kier alpha value is -3.44. The van der Waals surface area contributed by atoms with E-state index in [2.05, 4.69) is 28.1 Å². The van der Waals surface area contributed by atoms with Crippen molar-refractivity contribution in [1.82, 2.24) is 16.0 Å². The first-order valence-electron chi connectivity index (χ1n) is 12.5. The zero-order chi connectivity index (χ0) is 24.6. The molecule has 2 amide bonds. The molecular formula is C30H35N3O2. The predicted molar refractivity (Wildman–Crippen MR) is 141 cm³/mol. The molecule has 3 aromatic carbocycles. The molecule has 1 aliphatic rings. The number of nitrogens with one attached hydrogen (secondary N) is 3. The molecule has 1 fully saturated rings. The predicted octanol–water partition coefficient (Wildman–Crippen LogP) is 4.97. The minimum Gasteiger partial charge on any atom is -0.349 e. The van der Waals surface area contributed by atoms with Gasteiger partial charge in [0.15, 0.2) is 0 Å². The van der Waals surface area contributed by atoms with Crippen molar-refractivity contribution in [2.24, 2.45) is 0 Å². The molecule has 0 aromatic heterocycles. The summed E-state index contributed by atoms with van der Waals surface area (Å²) in [4.78, 5) is 26.2. The highest BCUT2D eigenvalue weighted by atomic mass is 16.2. The van der Waals surface area contributed by atoms with Gasteiger partial charge in [-0.25, -0.2) is 0 Å². The van der Waals surface area contributed by atoms with Crippen LogP contribution in [0.4, 0.5) is 0 Å². The summed E-state index contributed by atoms with van der Waals surface area (Å²) in [5, 5.41) is 9.82. The van der Waals surface area contributed by atoms with Crippen LogP contribution >= 0.6 is 0 Å². The lowest BCUT2D eigenvalue weighted by atomic mass is 10.0. The van der Waals surface area contributed by atoms with Gasteiger partial charge in [-0.15, -0.1) is 0 Å². The number of carbonyl (C=O) groups is 2. The van der Waals surface area contributed by atoms with E-state index in [-0.39, 0.29) is 23.9 Å². The number of rotatable bonds is 11. The molecule has 0 aliphatic heterocycles. The molecule has 182 valence electrons. The van der Waals surface area contributed by atoms with Gasteiger partial charge in [0, 0.05) is 23.2 Å². The van der Waals surface area contributed by atoms with Gasteiger partial charge in [-0.3, -0.25) is 9.59 Å². The highest BCUT2D eigenvalue weighted by Gasteiger charge is 2.22. The van der Waals surface area contributed by atoms with Crippen LogP contribution in [0.3, 0.4) is 0 Å². The quantitative estimate of drug-likeness (QED) is 0.371. The van der Waals surface area contributed by atoms with E-state index in [1.165, 1.54) is 18.4 Å². The van der Waals surface area contributed by atoms with Crippen molar-refractivity contribution in [3.05, 3.63) is 107 Å². The Balaban J connectivity index is 1.43.